The lowest BCUT2D eigenvalue weighted by Gasteiger charge is -2.27. The van der Waals surface area contributed by atoms with Gasteiger partial charge in [-0.3, -0.25) is 14.3 Å². The SMILES string of the molecule is Cn1nc(C(=O)NCc2ccc(C#N)cc2)c2c1C(=O)N(CCCCCS(=O)(=O)C(C)(C)CO[C@@H](F)CN)CC2. The van der Waals surface area contributed by atoms with Crippen molar-refractivity contribution >= 4 is 21.7 Å². The molecule has 0 saturated heterocycles. The zero-order valence-electron chi connectivity index (χ0n) is 23.2. The van der Waals surface area contributed by atoms with Gasteiger partial charge in [-0.15, -0.1) is 0 Å². The highest BCUT2D eigenvalue weighted by Crippen LogP contribution is 2.24. The number of nitriles is 1. The molecule has 218 valence electrons. The summed E-state index contributed by atoms with van der Waals surface area (Å²) >= 11 is 0. The van der Waals surface area contributed by atoms with E-state index in [1.54, 1.807) is 36.2 Å². The number of amides is 2. The number of fused-ring (bicyclic) bond motifs is 1. The van der Waals surface area contributed by atoms with E-state index < -0.39 is 20.9 Å². The molecular weight excluding hydrogens is 539 g/mol. The number of aromatic nitrogens is 2. The predicted octanol–water partition coefficient (Wildman–Crippen LogP) is 1.85. The Hall–Kier alpha value is -3.34. The van der Waals surface area contributed by atoms with Gasteiger partial charge in [-0.2, -0.15) is 10.4 Å². The Bertz CT molecular complexity index is 1350. The van der Waals surface area contributed by atoms with Gasteiger partial charge in [-0.25, -0.2) is 12.8 Å². The van der Waals surface area contributed by atoms with Gasteiger partial charge < -0.3 is 20.7 Å². The molecule has 2 amide bonds. The second-order valence-corrected chi connectivity index (χ2v) is 13.2. The number of alkyl halides is 1. The van der Waals surface area contributed by atoms with E-state index in [1.807, 2.05) is 0 Å². The van der Waals surface area contributed by atoms with Crippen molar-refractivity contribution in [1.82, 2.24) is 20.0 Å². The lowest BCUT2D eigenvalue weighted by molar-refractivity contribution is -0.0385. The van der Waals surface area contributed by atoms with Crippen LogP contribution in [0.4, 0.5) is 4.39 Å². The predicted molar refractivity (Wildman–Crippen MR) is 147 cm³/mol. The number of nitrogens with two attached hydrogens (primary N) is 1. The fourth-order valence-corrected chi connectivity index (χ4v) is 5.81. The number of hydrogen-bond acceptors (Lipinski definition) is 8. The number of nitrogens with one attached hydrogen (secondary N) is 1. The molecule has 3 N–H and O–H groups in total. The Kier molecular flexibility index (Phi) is 10.4. The van der Waals surface area contributed by atoms with Crippen LogP contribution in [0.3, 0.4) is 0 Å². The highest BCUT2D eigenvalue weighted by Gasteiger charge is 2.35. The van der Waals surface area contributed by atoms with Crippen LogP contribution < -0.4 is 11.1 Å². The van der Waals surface area contributed by atoms with Crippen LogP contribution >= 0.6 is 0 Å². The van der Waals surface area contributed by atoms with Crippen molar-refractivity contribution < 1.29 is 27.1 Å². The topological polar surface area (TPSA) is 160 Å². The largest absolute Gasteiger partial charge is 0.347 e. The van der Waals surface area contributed by atoms with E-state index in [1.165, 1.54) is 18.5 Å². The monoisotopic (exact) mass is 576 g/mol. The molecule has 3 rings (SSSR count). The van der Waals surface area contributed by atoms with Crippen LogP contribution in [0.2, 0.25) is 0 Å². The van der Waals surface area contributed by atoms with Gasteiger partial charge in [-0.1, -0.05) is 18.6 Å². The van der Waals surface area contributed by atoms with Gasteiger partial charge >= 0.3 is 0 Å². The molecule has 1 atom stereocenters. The lowest BCUT2D eigenvalue weighted by atomic mass is 10.0. The summed E-state index contributed by atoms with van der Waals surface area (Å²) < 4.78 is 43.8. The lowest BCUT2D eigenvalue weighted by Crippen LogP contribution is -2.40. The molecule has 2 aromatic rings. The molecule has 0 fully saturated rings. The maximum atomic E-state index is 13.3. The molecule has 40 heavy (non-hydrogen) atoms. The Morgan fingerprint density at radius 2 is 1.98 bits per heavy atom. The van der Waals surface area contributed by atoms with Crippen LogP contribution in [0.25, 0.3) is 0 Å². The van der Waals surface area contributed by atoms with Gasteiger partial charge in [0.25, 0.3) is 11.8 Å². The maximum absolute atomic E-state index is 13.3. The number of rotatable bonds is 14. The van der Waals surface area contributed by atoms with Crippen molar-refractivity contribution in [1.29, 1.82) is 5.26 Å². The highest BCUT2D eigenvalue weighted by molar-refractivity contribution is 7.92. The third-order valence-electron chi connectivity index (χ3n) is 7.00. The molecule has 0 radical (unpaired) electrons. The van der Waals surface area contributed by atoms with Crippen LogP contribution in [0.1, 0.15) is 70.8 Å². The minimum absolute atomic E-state index is 0.0658. The molecule has 1 aliphatic heterocycles. The number of ether oxygens (including phenoxy) is 1. The minimum Gasteiger partial charge on any atom is -0.347 e. The first-order valence-corrected chi connectivity index (χ1v) is 14.9. The van der Waals surface area contributed by atoms with Gasteiger partial charge in [0.1, 0.15) is 5.69 Å². The van der Waals surface area contributed by atoms with Gasteiger partial charge in [0.15, 0.2) is 15.5 Å². The first-order valence-electron chi connectivity index (χ1n) is 13.2. The second kappa shape index (κ2) is 13.3. The third kappa shape index (κ3) is 7.44. The zero-order chi connectivity index (χ0) is 29.5. The van der Waals surface area contributed by atoms with Crippen molar-refractivity contribution in [3.05, 3.63) is 52.3 Å². The number of sulfone groups is 1. The van der Waals surface area contributed by atoms with Crippen LogP contribution in [-0.4, -0.2) is 78.0 Å². The number of nitrogens with zero attached hydrogens (tertiary/aromatic N) is 4. The number of halogens is 1. The molecule has 0 aliphatic carbocycles. The van der Waals surface area contributed by atoms with E-state index in [0.717, 1.165) is 5.56 Å². The minimum atomic E-state index is -3.53. The Morgan fingerprint density at radius 3 is 2.62 bits per heavy atom. The Labute approximate surface area is 234 Å². The van der Waals surface area contributed by atoms with Crippen molar-refractivity contribution in [3.63, 3.8) is 0 Å². The van der Waals surface area contributed by atoms with Crippen LogP contribution in [0, 0.1) is 11.3 Å². The highest BCUT2D eigenvalue weighted by atomic mass is 32.2. The number of unbranched alkanes of at least 4 members (excludes halogenated alkanes) is 2. The molecule has 0 bridgehead atoms. The summed E-state index contributed by atoms with van der Waals surface area (Å²) in [6.07, 6.45) is 0.397. The molecule has 0 spiro atoms. The molecule has 11 nitrogen and oxygen atoms in total. The van der Waals surface area contributed by atoms with Crippen LogP contribution in [0.5, 0.6) is 0 Å². The van der Waals surface area contributed by atoms with Crippen molar-refractivity contribution in [3.8, 4) is 6.07 Å². The van der Waals surface area contributed by atoms with E-state index in [-0.39, 0.29) is 43.0 Å². The molecule has 0 saturated carbocycles. The summed E-state index contributed by atoms with van der Waals surface area (Å²) in [5, 5.41) is 16.1. The second-order valence-electron chi connectivity index (χ2n) is 10.4. The molecule has 1 aromatic carbocycles. The van der Waals surface area contributed by atoms with Gasteiger partial charge in [0.2, 0.25) is 6.36 Å². The fourth-order valence-electron chi connectivity index (χ4n) is 4.43. The van der Waals surface area contributed by atoms with Crippen molar-refractivity contribution in [2.24, 2.45) is 12.8 Å². The van der Waals surface area contributed by atoms with Crippen molar-refractivity contribution in [2.45, 2.75) is 57.2 Å². The molecule has 13 heteroatoms. The normalized spacial score (nSPS) is 14.5. The summed E-state index contributed by atoms with van der Waals surface area (Å²) in [6.45, 7) is 3.55. The van der Waals surface area contributed by atoms with Crippen LogP contribution in [-0.2, 0) is 34.6 Å². The third-order valence-corrected chi connectivity index (χ3v) is 9.63. The quantitative estimate of drug-likeness (QED) is 0.322. The summed E-state index contributed by atoms with van der Waals surface area (Å²) in [5.41, 5.74) is 7.76. The summed E-state index contributed by atoms with van der Waals surface area (Å²) in [5.74, 6) is -0.653. The Balaban J connectivity index is 1.50. The summed E-state index contributed by atoms with van der Waals surface area (Å²) in [7, 11) is -1.90. The van der Waals surface area contributed by atoms with E-state index in [0.29, 0.717) is 55.6 Å². The van der Waals surface area contributed by atoms with Gasteiger partial charge in [-0.05, 0) is 50.8 Å². The number of aryl methyl sites for hydroxylation is 1. The summed E-state index contributed by atoms with van der Waals surface area (Å²) in [4.78, 5) is 27.7. The van der Waals surface area contributed by atoms with E-state index in [9.17, 15) is 22.4 Å². The molecular formula is C27H37FN6O5S. The molecule has 2 heterocycles. The number of carbonyl (C=O) groups excluding carboxylic acids is 2. The molecule has 0 unspecified atom stereocenters. The first kappa shape index (κ1) is 31.2. The van der Waals surface area contributed by atoms with Crippen molar-refractivity contribution in [2.75, 3.05) is 32.0 Å². The van der Waals surface area contributed by atoms with Gasteiger partial charge in [0, 0.05) is 38.8 Å². The van der Waals surface area contributed by atoms with E-state index in [4.69, 9.17) is 15.7 Å². The average molecular weight is 577 g/mol. The first-order chi connectivity index (χ1) is 18.9. The number of carbonyl (C=O) groups is 2. The zero-order valence-corrected chi connectivity index (χ0v) is 24.0. The average Bonchev–Trinajstić information content (AvgIpc) is 3.28. The smallest absolute Gasteiger partial charge is 0.272 e. The van der Waals surface area contributed by atoms with E-state index >= 15 is 0 Å². The molecule has 1 aromatic heterocycles. The molecule has 1 aliphatic rings. The van der Waals surface area contributed by atoms with E-state index in [2.05, 4.69) is 16.5 Å². The fraction of sp³-hybridized carbons (Fsp3) is 0.556. The summed E-state index contributed by atoms with van der Waals surface area (Å²) in [6, 6.07) is 8.94. The Morgan fingerprint density at radius 1 is 1.27 bits per heavy atom. The van der Waals surface area contributed by atoms with Gasteiger partial charge in [0.05, 0.1) is 28.7 Å². The van der Waals surface area contributed by atoms with Crippen LogP contribution in [0.15, 0.2) is 24.3 Å². The number of hydrogen-bond donors (Lipinski definition) is 2. The maximum Gasteiger partial charge on any atom is 0.272 e. The standard InChI is InChI=1S/C27H37FN6O5S/c1-27(2,18-39-22(28)16-30)40(37,38)14-6-4-5-12-34-13-11-21-23(32-33(3)24(21)26(34)36)25(35)31-17-20-9-7-19(15-29)8-10-20/h7-10,22H,4-6,11-14,16-18,30H2,1-3H3,(H,31,35)/t22-/m1/s1. The number of benzene rings is 1.